The summed E-state index contributed by atoms with van der Waals surface area (Å²) in [6.07, 6.45) is 5.08. The van der Waals surface area contributed by atoms with E-state index in [4.69, 9.17) is 4.42 Å². The molecule has 1 aromatic carbocycles. The summed E-state index contributed by atoms with van der Waals surface area (Å²) in [5.41, 5.74) is 3.20. The number of furan rings is 1. The van der Waals surface area contributed by atoms with Crippen molar-refractivity contribution in [1.82, 2.24) is 19.5 Å². The van der Waals surface area contributed by atoms with Crippen molar-refractivity contribution < 1.29 is 9.21 Å². The van der Waals surface area contributed by atoms with Crippen molar-refractivity contribution in [3.63, 3.8) is 0 Å². The van der Waals surface area contributed by atoms with Gasteiger partial charge in [-0.15, -0.1) is 0 Å². The third kappa shape index (κ3) is 4.15. The second kappa shape index (κ2) is 8.98. The molecule has 0 unspecified atom stereocenters. The number of carbonyl (C=O) groups excluding carboxylic acids is 1. The van der Waals surface area contributed by atoms with Gasteiger partial charge in [-0.3, -0.25) is 14.0 Å². The fraction of sp³-hybridized carbons (Fsp3) is 0.348. The lowest BCUT2D eigenvalue weighted by atomic mass is 10.1. The van der Waals surface area contributed by atoms with E-state index in [0.29, 0.717) is 43.5 Å². The van der Waals surface area contributed by atoms with Crippen LogP contribution < -0.4 is 10.9 Å². The first-order valence-electron chi connectivity index (χ1n) is 10.5. The maximum atomic E-state index is 12.8. The van der Waals surface area contributed by atoms with E-state index in [1.165, 1.54) is 10.2 Å². The molecule has 0 aliphatic carbocycles. The van der Waals surface area contributed by atoms with Crippen LogP contribution in [0.5, 0.6) is 0 Å². The molecule has 0 aliphatic heterocycles. The minimum absolute atomic E-state index is 0.00750. The molecule has 4 aromatic rings. The molecule has 0 radical (unpaired) electrons. The molecule has 156 valence electrons. The number of benzene rings is 1. The predicted octanol–water partition coefficient (Wildman–Crippen LogP) is 3.33. The largest absolute Gasteiger partial charge is 0.463 e. The van der Waals surface area contributed by atoms with Crippen LogP contribution in [0.2, 0.25) is 0 Å². The Balaban J connectivity index is 1.32. The molecule has 1 N–H and O–H groups in total. The van der Waals surface area contributed by atoms with Crippen LogP contribution in [0.15, 0.2) is 57.9 Å². The molecule has 0 saturated carbocycles. The molecule has 7 nitrogen and oxygen atoms in total. The summed E-state index contributed by atoms with van der Waals surface area (Å²) in [5, 5.41) is 7.48. The Hall–Kier alpha value is -3.35. The maximum absolute atomic E-state index is 12.8. The minimum atomic E-state index is -0.165. The van der Waals surface area contributed by atoms with Crippen molar-refractivity contribution in [3.8, 4) is 0 Å². The molecule has 3 heterocycles. The molecule has 30 heavy (non-hydrogen) atoms. The first-order valence-corrected chi connectivity index (χ1v) is 10.5. The van der Waals surface area contributed by atoms with E-state index >= 15 is 0 Å². The number of nitrogens with one attached hydrogen (secondary N) is 1. The van der Waals surface area contributed by atoms with Gasteiger partial charge < -0.3 is 9.73 Å². The van der Waals surface area contributed by atoms with E-state index in [9.17, 15) is 9.59 Å². The van der Waals surface area contributed by atoms with Gasteiger partial charge in [0.05, 0.1) is 11.8 Å². The summed E-state index contributed by atoms with van der Waals surface area (Å²) in [5.74, 6) is 0.805. The van der Waals surface area contributed by atoms with Crippen molar-refractivity contribution in [2.24, 2.45) is 0 Å². The fourth-order valence-corrected chi connectivity index (χ4v) is 3.75. The molecular formula is C23H26N4O3. The Morgan fingerprint density at radius 1 is 1.13 bits per heavy atom. The molecule has 0 bridgehead atoms. The quantitative estimate of drug-likeness (QED) is 0.432. The average molecular weight is 406 g/mol. The number of hydrogen-bond acceptors (Lipinski definition) is 4. The summed E-state index contributed by atoms with van der Waals surface area (Å²) in [6.45, 7) is 3.07. The van der Waals surface area contributed by atoms with Gasteiger partial charge in [0.1, 0.15) is 11.3 Å². The van der Waals surface area contributed by atoms with E-state index in [0.717, 1.165) is 24.2 Å². The zero-order valence-corrected chi connectivity index (χ0v) is 17.1. The van der Waals surface area contributed by atoms with Crippen LogP contribution in [0.3, 0.4) is 0 Å². The summed E-state index contributed by atoms with van der Waals surface area (Å²) in [6, 6.07) is 13.8. The number of rotatable bonds is 9. The van der Waals surface area contributed by atoms with Crippen molar-refractivity contribution >= 4 is 22.5 Å². The molecule has 0 atom stereocenters. The number of aryl methyl sites for hydroxylation is 3. The van der Waals surface area contributed by atoms with Gasteiger partial charge in [-0.25, -0.2) is 4.68 Å². The Bertz CT molecular complexity index is 1200. The predicted molar refractivity (Wildman–Crippen MR) is 116 cm³/mol. The molecule has 4 rings (SSSR count). The topological polar surface area (TPSA) is 81.5 Å². The Kier molecular flexibility index (Phi) is 5.97. The first-order chi connectivity index (χ1) is 14.7. The van der Waals surface area contributed by atoms with E-state index in [1.54, 1.807) is 12.3 Å². The molecule has 3 aromatic heterocycles. The van der Waals surface area contributed by atoms with Crippen LogP contribution in [0, 0.1) is 0 Å². The number of aromatic nitrogens is 3. The molecule has 0 spiro atoms. The van der Waals surface area contributed by atoms with Crippen molar-refractivity contribution in [3.05, 3.63) is 70.5 Å². The zero-order chi connectivity index (χ0) is 20.9. The third-order valence-electron chi connectivity index (χ3n) is 5.27. The number of nitrogens with zero attached hydrogens (tertiary/aromatic N) is 3. The van der Waals surface area contributed by atoms with Crippen molar-refractivity contribution in [2.75, 3.05) is 6.54 Å². The molecule has 7 heteroatoms. The smallest absolute Gasteiger partial charge is 0.291 e. The SMILES string of the molecule is CCc1nn(CCCC(=O)NCCCc2ccccc2)c(=O)c2cc3occc3n12. The van der Waals surface area contributed by atoms with Crippen LogP contribution >= 0.6 is 0 Å². The summed E-state index contributed by atoms with van der Waals surface area (Å²) in [4.78, 5) is 24.9. The number of hydrogen-bond donors (Lipinski definition) is 1. The highest BCUT2D eigenvalue weighted by Gasteiger charge is 2.15. The molecule has 1 amide bonds. The summed E-state index contributed by atoms with van der Waals surface area (Å²) >= 11 is 0. The number of carbonyl (C=O) groups is 1. The van der Waals surface area contributed by atoms with Gasteiger partial charge in [-0.2, -0.15) is 5.10 Å². The highest BCUT2D eigenvalue weighted by Crippen LogP contribution is 2.20. The van der Waals surface area contributed by atoms with Gasteiger partial charge in [-0.05, 0) is 24.8 Å². The van der Waals surface area contributed by atoms with Crippen LogP contribution in [0.1, 0.15) is 37.6 Å². The molecule has 0 aliphatic rings. The maximum Gasteiger partial charge on any atom is 0.291 e. The van der Waals surface area contributed by atoms with Crippen LogP contribution in [0.25, 0.3) is 16.6 Å². The highest BCUT2D eigenvalue weighted by molar-refractivity contribution is 5.82. The molecular weight excluding hydrogens is 380 g/mol. The van der Waals surface area contributed by atoms with E-state index in [2.05, 4.69) is 22.5 Å². The van der Waals surface area contributed by atoms with Crippen LogP contribution in [0.4, 0.5) is 0 Å². The highest BCUT2D eigenvalue weighted by atomic mass is 16.3. The lowest BCUT2D eigenvalue weighted by molar-refractivity contribution is -0.121. The van der Waals surface area contributed by atoms with Crippen LogP contribution in [-0.2, 0) is 24.2 Å². The van der Waals surface area contributed by atoms with Gasteiger partial charge in [-0.1, -0.05) is 37.3 Å². The Morgan fingerprint density at radius 3 is 2.77 bits per heavy atom. The second-order valence-electron chi connectivity index (χ2n) is 7.38. The van der Waals surface area contributed by atoms with Gasteiger partial charge in [0.2, 0.25) is 5.91 Å². The van der Waals surface area contributed by atoms with E-state index in [-0.39, 0.29) is 11.5 Å². The second-order valence-corrected chi connectivity index (χ2v) is 7.38. The van der Waals surface area contributed by atoms with E-state index in [1.807, 2.05) is 35.6 Å². The number of amides is 1. The van der Waals surface area contributed by atoms with E-state index < -0.39 is 0 Å². The van der Waals surface area contributed by atoms with Crippen LogP contribution in [-0.4, -0.2) is 26.6 Å². The standard InChI is InChI=1S/C23H26N4O3/c1-2-21-25-26(23(29)19-16-20-18(27(19)21)12-15-30-20)14-7-11-22(28)24-13-6-10-17-8-4-3-5-9-17/h3-5,8-9,12,15-16H,2,6-7,10-11,13-14H2,1H3,(H,24,28). The van der Waals surface area contributed by atoms with Crippen molar-refractivity contribution in [2.45, 2.75) is 45.6 Å². The molecule has 0 fully saturated rings. The fourth-order valence-electron chi connectivity index (χ4n) is 3.75. The zero-order valence-electron chi connectivity index (χ0n) is 17.1. The molecule has 0 saturated heterocycles. The average Bonchev–Trinajstić information content (AvgIpc) is 3.36. The summed E-state index contributed by atoms with van der Waals surface area (Å²) < 4.78 is 8.76. The van der Waals surface area contributed by atoms with Gasteiger partial charge in [0.25, 0.3) is 5.56 Å². The first kappa shape index (κ1) is 19.9. The number of fused-ring (bicyclic) bond motifs is 3. The monoisotopic (exact) mass is 406 g/mol. The third-order valence-corrected chi connectivity index (χ3v) is 5.27. The van der Waals surface area contributed by atoms with Gasteiger partial charge in [0, 0.05) is 38.1 Å². The normalized spacial score (nSPS) is 11.4. The van der Waals surface area contributed by atoms with Gasteiger partial charge >= 0.3 is 0 Å². The minimum Gasteiger partial charge on any atom is -0.463 e. The lowest BCUT2D eigenvalue weighted by Gasteiger charge is -2.10. The summed E-state index contributed by atoms with van der Waals surface area (Å²) in [7, 11) is 0. The van der Waals surface area contributed by atoms with Crippen molar-refractivity contribution in [1.29, 1.82) is 0 Å². The Labute approximate surface area is 174 Å². The lowest BCUT2D eigenvalue weighted by Crippen LogP contribution is -2.28. The van der Waals surface area contributed by atoms with Gasteiger partial charge in [0.15, 0.2) is 5.58 Å². The Morgan fingerprint density at radius 2 is 1.97 bits per heavy atom.